The van der Waals surface area contributed by atoms with Crippen LogP contribution in [0.3, 0.4) is 0 Å². The molecule has 1 fully saturated rings. The highest BCUT2D eigenvalue weighted by atomic mass is 32.2. The number of rotatable bonds is 9. The third-order valence-electron chi connectivity index (χ3n) is 4.02. The van der Waals surface area contributed by atoms with Gasteiger partial charge in [0.1, 0.15) is 0 Å². The number of carboxylic acids is 1. The van der Waals surface area contributed by atoms with Crippen molar-refractivity contribution in [3.05, 3.63) is 35.9 Å². The number of hydrogen-bond donors (Lipinski definition) is 1. The molecular formula is C16H22O4S. The number of aryl methyl sites for hydroxylation is 1. The monoisotopic (exact) mass is 310 g/mol. The van der Waals surface area contributed by atoms with E-state index in [-0.39, 0.29) is 17.9 Å². The summed E-state index contributed by atoms with van der Waals surface area (Å²) in [5.74, 6) is -0.689. The fourth-order valence-corrected chi connectivity index (χ4v) is 4.82. The quantitative estimate of drug-likeness (QED) is 0.712. The number of hydrogen-bond acceptors (Lipinski definition) is 3. The van der Waals surface area contributed by atoms with Crippen LogP contribution in [0.5, 0.6) is 0 Å². The Morgan fingerprint density at radius 1 is 1.14 bits per heavy atom. The molecule has 0 radical (unpaired) electrons. The van der Waals surface area contributed by atoms with Crippen LogP contribution in [-0.2, 0) is 21.1 Å². The molecule has 1 N–H and O–H groups in total. The first kappa shape index (κ1) is 16.0. The lowest BCUT2D eigenvalue weighted by Gasteiger charge is -2.12. The van der Waals surface area contributed by atoms with Gasteiger partial charge < -0.3 is 5.11 Å². The summed E-state index contributed by atoms with van der Waals surface area (Å²) in [6, 6.07) is 10.0. The predicted molar refractivity (Wildman–Crippen MR) is 82.0 cm³/mol. The van der Waals surface area contributed by atoms with Crippen molar-refractivity contribution in [3.63, 3.8) is 0 Å². The molecule has 1 aliphatic rings. The van der Waals surface area contributed by atoms with Gasteiger partial charge in [0.15, 0.2) is 9.84 Å². The molecule has 0 amide bonds. The molecule has 4 nitrogen and oxygen atoms in total. The van der Waals surface area contributed by atoms with Gasteiger partial charge in [0.2, 0.25) is 0 Å². The summed E-state index contributed by atoms with van der Waals surface area (Å²) < 4.78 is 24.2. The number of carbonyl (C=O) groups is 1. The Balaban J connectivity index is 1.73. The number of carboxylic acid groups (broad SMARTS) is 1. The zero-order chi connectivity index (χ0) is 15.3. The van der Waals surface area contributed by atoms with Crippen molar-refractivity contribution in [2.24, 2.45) is 5.41 Å². The van der Waals surface area contributed by atoms with Crippen LogP contribution >= 0.6 is 0 Å². The lowest BCUT2D eigenvalue weighted by molar-refractivity contribution is -0.138. The Kier molecular flexibility index (Phi) is 5.04. The summed E-state index contributed by atoms with van der Waals surface area (Å²) in [5, 5.41) is 8.83. The molecule has 1 aromatic rings. The molecule has 21 heavy (non-hydrogen) atoms. The van der Waals surface area contributed by atoms with Gasteiger partial charge in [-0.15, -0.1) is 0 Å². The Morgan fingerprint density at radius 2 is 1.81 bits per heavy atom. The summed E-state index contributed by atoms with van der Waals surface area (Å²) in [6.07, 6.45) is 3.80. The van der Waals surface area contributed by atoms with Gasteiger partial charge in [0.25, 0.3) is 0 Å². The Bertz CT molecular complexity index is 574. The summed E-state index contributed by atoms with van der Waals surface area (Å²) >= 11 is 0. The van der Waals surface area contributed by atoms with Crippen molar-refractivity contribution in [2.75, 3.05) is 11.5 Å². The maximum atomic E-state index is 12.1. The minimum atomic E-state index is -3.14. The molecule has 0 atom stereocenters. The SMILES string of the molecule is O=C(O)CC1(CS(=O)(=O)CCCCc2ccccc2)CC1. The summed E-state index contributed by atoms with van der Waals surface area (Å²) in [4.78, 5) is 10.8. The van der Waals surface area contributed by atoms with Crippen LogP contribution < -0.4 is 0 Å². The highest BCUT2D eigenvalue weighted by Crippen LogP contribution is 2.49. The smallest absolute Gasteiger partial charge is 0.303 e. The Labute approximate surface area is 126 Å². The zero-order valence-electron chi connectivity index (χ0n) is 12.1. The van der Waals surface area contributed by atoms with Crippen molar-refractivity contribution in [1.29, 1.82) is 0 Å². The van der Waals surface area contributed by atoms with Gasteiger partial charge in [-0.2, -0.15) is 0 Å². The molecule has 0 aliphatic heterocycles. The summed E-state index contributed by atoms with van der Waals surface area (Å²) in [7, 11) is -3.14. The van der Waals surface area contributed by atoms with E-state index in [0.717, 1.165) is 25.7 Å². The van der Waals surface area contributed by atoms with Crippen LogP contribution in [0.1, 0.15) is 37.7 Å². The second-order valence-corrected chi connectivity index (χ2v) is 8.29. The van der Waals surface area contributed by atoms with Gasteiger partial charge >= 0.3 is 5.97 Å². The highest BCUT2D eigenvalue weighted by molar-refractivity contribution is 7.91. The van der Waals surface area contributed by atoms with E-state index in [1.807, 2.05) is 30.3 Å². The maximum absolute atomic E-state index is 12.1. The first-order chi connectivity index (χ1) is 9.91. The van der Waals surface area contributed by atoms with Crippen molar-refractivity contribution < 1.29 is 18.3 Å². The zero-order valence-corrected chi connectivity index (χ0v) is 12.9. The average Bonchev–Trinajstić information content (AvgIpc) is 3.13. The molecule has 0 saturated heterocycles. The minimum Gasteiger partial charge on any atom is -0.481 e. The molecule has 0 bridgehead atoms. The van der Waals surface area contributed by atoms with E-state index < -0.39 is 21.2 Å². The normalized spacial score (nSPS) is 16.6. The maximum Gasteiger partial charge on any atom is 0.303 e. The second kappa shape index (κ2) is 6.60. The fourth-order valence-electron chi connectivity index (χ4n) is 2.70. The first-order valence-corrected chi connectivity index (χ1v) is 9.19. The molecular weight excluding hydrogens is 288 g/mol. The van der Waals surface area contributed by atoms with Gasteiger partial charge in [0, 0.05) is 0 Å². The number of benzene rings is 1. The van der Waals surface area contributed by atoms with Crippen molar-refractivity contribution in [1.82, 2.24) is 0 Å². The van der Waals surface area contributed by atoms with Gasteiger partial charge in [-0.3, -0.25) is 4.79 Å². The molecule has 2 rings (SSSR count). The topological polar surface area (TPSA) is 71.4 Å². The predicted octanol–water partition coefficient (Wildman–Crippen LogP) is 2.68. The molecule has 1 aromatic carbocycles. The molecule has 0 unspecified atom stereocenters. The second-order valence-electron chi connectivity index (χ2n) is 6.11. The molecule has 0 spiro atoms. The van der Waals surface area contributed by atoms with E-state index in [9.17, 15) is 13.2 Å². The summed E-state index contributed by atoms with van der Waals surface area (Å²) in [6.45, 7) is 0. The lowest BCUT2D eigenvalue weighted by Crippen LogP contribution is -2.22. The van der Waals surface area contributed by atoms with E-state index in [0.29, 0.717) is 6.42 Å². The van der Waals surface area contributed by atoms with Crippen LogP contribution in [0.4, 0.5) is 0 Å². The summed E-state index contributed by atoms with van der Waals surface area (Å²) in [5.41, 5.74) is 0.754. The van der Waals surface area contributed by atoms with E-state index in [1.165, 1.54) is 5.56 Å². The van der Waals surface area contributed by atoms with Crippen LogP contribution in [0, 0.1) is 5.41 Å². The molecule has 1 aliphatic carbocycles. The van der Waals surface area contributed by atoms with Crippen LogP contribution in [0.15, 0.2) is 30.3 Å². The molecule has 1 saturated carbocycles. The number of sulfone groups is 1. The molecule has 116 valence electrons. The highest BCUT2D eigenvalue weighted by Gasteiger charge is 2.47. The van der Waals surface area contributed by atoms with Crippen molar-refractivity contribution >= 4 is 15.8 Å². The van der Waals surface area contributed by atoms with Crippen LogP contribution in [-0.4, -0.2) is 31.0 Å². The van der Waals surface area contributed by atoms with E-state index in [1.54, 1.807) is 0 Å². The van der Waals surface area contributed by atoms with Gasteiger partial charge in [-0.05, 0) is 43.1 Å². The fraction of sp³-hybridized carbons (Fsp3) is 0.562. The van der Waals surface area contributed by atoms with Crippen molar-refractivity contribution in [2.45, 2.75) is 38.5 Å². The Hall–Kier alpha value is -1.36. The number of aliphatic carboxylic acids is 1. The van der Waals surface area contributed by atoms with Crippen LogP contribution in [0.2, 0.25) is 0 Å². The van der Waals surface area contributed by atoms with E-state index in [2.05, 4.69) is 0 Å². The number of unbranched alkanes of at least 4 members (excludes halogenated alkanes) is 1. The van der Waals surface area contributed by atoms with Gasteiger partial charge in [-0.25, -0.2) is 8.42 Å². The lowest BCUT2D eigenvalue weighted by atomic mass is 10.1. The Morgan fingerprint density at radius 3 is 2.38 bits per heavy atom. The van der Waals surface area contributed by atoms with Gasteiger partial charge in [-0.1, -0.05) is 30.3 Å². The van der Waals surface area contributed by atoms with E-state index >= 15 is 0 Å². The minimum absolute atomic E-state index is 0.0176. The average molecular weight is 310 g/mol. The molecule has 0 heterocycles. The van der Waals surface area contributed by atoms with Crippen LogP contribution in [0.25, 0.3) is 0 Å². The standard InChI is InChI=1S/C16H22O4S/c17-15(18)12-16(9-10-16)13-21(19,20)11-5-4-8-14-6-2-1-3-7-14/h1-3,6-7H,4-5,8-13H2,(H,17,18). The van der Waals surface area contributed by atoms with Crippen molar-refractivity contribution in [3.8, 4) is 0 Å². The van der Waals surface area contributed by atoms with E-state index in [4.69, 9.17) is 5.11 Å². The third kappa shape index (κ3) is 5.50. The third-order valence-corrected chi connectivity index (χ3v) is 5.99. The molecule has 0 aromatic heterocycles. The molecule has 5 heteroatoms. The van der Waals surface area contributed by atoms with Gasteiger partial charge in [0.05, 0.1) is 17.9 Å². The first-order valence-electron chi connectivity index (χ1n) is 7.37. The largest absolute Gasteiger partial charge is 0.481 e.